The molecule has 1 saturated carbocycles. The lowest BCUT2D eigenvalue weighted by Crippen LogP contribution is -2.44. The van der Waals surface area contributed by atoms with Crippen LogP contribution in [0.1, 0.15) is 37.7 Å². The van der Waals surface area contributed by atoms with E-state index in [1.54, 1.807) is 24.1 Å². The molecule has 0 radical (unpaired) electrons. The number of carbonyl (C=O) groups excluding carboxylic acids is 1. The second-order valence-corrected chi connectivity index (χ2v) is 5.43. The average molecular weight is 274 g/mol. The van der Waals surface area contributed by atoms with Crippen molar-refractivity contribution in [2.45, 2.75) is 37.5 Å². The molecule has 3 nitrogen and oxygen atoms in total. The van der Waals surface area contributed by atoms with Crippen molar-refractivity contribution in [3.8, 4) is 6.07 Å². The number of nitrogens with zero attached hydrogens (tertiary/aromatic N) is 2. The second kappa shape index (κ2) is 6.04. The molecule has 1 aromatic rings. The third-order valence-electron chi connectivity index (χ3n) is 4.17. The summed E-state index contributed by atoms with van der Waals surface area (Å²) in [7, 11) is 1.74. The molecule has 0 saturated heterocycles. The molecule has 1 amide bonds. The first-order valence-corrected chi connectivity index (χ1v) is 6.99. The van der Waals surface area contributed by atoms with E-state index in [1.165, 1.54) is 12.1 Å². The maximum atomic E-state index is 13.1. The van der Waals surface area contributed by atoms with Crippen LogP contribution in [0.4, 0.5) is 4.39 Å². The van der Waals surface area contributed by atoms with E-state index in [0.717, 1.165) is 31.2 Å². The molecule has 2 rings (SSSR count). The van der Waals surface area contributed by atoms with Crippen LogP contribution in [0.25, 0.3) is 0 Å². The first-order valence-electron chi connectivity index (χ1n) is 6.99. The number of nitriles is 1. The zero-order chi connectivity index (χ0) is 14.6. The highest BCUT2D eigenvalue weighted by Crippen LogP contribution is 2.42. The summed E-state index contributed by atoms with van der Waals surface area (Å²) < 4.78 is 13.1. The number of halogens is 1. The van der Waals surface area contributed by atoms with Gasteiger partial charge in [0, 0.05) is 13.6 Å². The van der Waals surface area contributed by atoms with Crippen molar-refractivity contribution in [1.82, 2.24) is 4.90 Å². The standard InChI is InChI=1S/C16H19FN2O/c1-19(12-4-11-18)15(20)16(9-2-3-10-16)13-5-7-14(17)8-6-13/h5-8H,2-4,9-10,12H2,1H3. The van der Waals surface area contributed by atoms with Crippen LogP contribution < -0.4 is 0 Å². The maximum Gasteiger partial charge on any atom is 0.232 e. The van der Waals surface area contributed by atoms with Crippen LogP contribution in [0.3, 0.4) is 0 Å². The van der Waals surface area contributed by atoms with Gasteiger partial charge in [-0.15, -0.1) is 0 Å². The fourth-order valence-corrected chi connectivity index (χ4v) is 3.06. The van der Waals surface area contributed by atoms with E-state index in [0.29, 0.717) is 13.0 Å². The van der Waals surface area contributed by atoms with Crippen molar-refractivity contribution in [1.29, 1.82) is 5.26 Å². The Morgan fingerprint density at radius 3 is 2.50 bits per heavy atom. The van der Waals surface area contributed by atoms with E-state index in [9.17, 15) is 9.18 Å². The van der Waals surface area contributed by atoms with Gasteiger partial charge < -0.3 is 4.90 Å². The average Bonchev–Trinajstić information content (AvgIpc) is 2.95. The summed E-state index contributed by atoms with van der Waals surface area (Å²) in [6, 6.07) is 8.33. The van der Waals surface area contributed by atoms with E-state index < -0.39 is 5.41 Å². The molecule has 0 aromatic heterocycles. The van der Waals surface area contributed by atoms with Crippen molar-refractivity contribution < 1.29 is 9.18 Å². The molecule has 0 spiro atoms. The van der Waals surface area contributed by atoms with Crippen molar-refractivity contribution in [2.75, 3.05) is 13.6 Å². The summed E-state index contributed by atoms with van der Waals surface area (Å²) in [6.07, 6.45) is 3.95. The van der Waals surface area contributed by atoms with Gasteiger partial charge in [-0.25, -0.2) is 4.39 Å². The number of rotatable bonds is 4. The highest BCUT2D eigenvalue weighted by Gasteiger charge is 2.44. The van der Waals surface area contributed by atoms with Crippen molar-refractivity contribution >= 4 is 5.91 Å². The van der Waals surface area contributed by atoms with Crippen LogP contribution in [0, 0.1) is 17.1 Å². The molecular weight excluding hydrogens is 255 g/mol. The van der Waals surface area contributed by atoms with Gasteiger partial charge in [0.15, 0.2) is 0 Å². The summed E-state index contributed by atoms with van der Waals surface area (Å²) in [5, 5.41) is 8.64. The van der Waals surface area contributed by atoms with Crippen LogP contribution >= 0.6 is 0 Å². The second-order valence-electron chi connectivity index (χ2n) is 5.43. The van der Waals surface area contributed by atoms with Gasteiger partial charge >= 0.3 is 0 Å². The van der Waals surface area contributed by atoms with E-state index >= 15 is 0 Å². The fourth-order valence-electron chi connectivity index (χ4n) is 3.06. The molecule has 20 heavy (non-hydrogen) atoms. The molecule has 0 bridgehead atoms. The molecule has 0 heterocycles. The van der Waals surface area contributed by atoms with Crippen LogP contribution in [-0.2, 0) is 10.2 Å². The molecule has 1 aromatic carbocycles. The minimum atomic E-state index is -0.530. The van der Waals surface area contributed by atoms with Crippen LogP contribution in [0.2, 0.25) is 0 Å². The van der Waals surface area contributed by atoms with Crippen molar-refractivity contribution in [3.63, 3.8) is 0 Å². The Morgan fingerprint density at radius 1 is 1.35 bits per heavy atom. The molecule has 4 heteroatoms. The van der Waals surface area contributed by atoms with Gasteiger partial charge in [0.2, 0.25) is 5.91 Å². The largest absolute Gasteiger partial charge is 0.344 e. The Labute approximate surface area is 119 Å². The summed E-state index contributed by atoms with van der Waals surface area (Å²) in [5.41, 5.74) is 0.364. The number of carbonyl (C=O) groups is 1. The normalized spacial score (nSPS) is 16.6. The highest BCUT2D eigenvalue weighted by atomic mass is 19.1. The molecule has 1 fully saturated rings. The van der Waals surface area contributed by atoms with Gasteiger partial charge in [-0.2, -0.15) is 5.26 Å². The Bertz CT molecular complexity index is 512. The molecule has 0 unspecified atom stereocenters. The lowest BCUT2D eigenvalue weighted by atomic mass is 9.77. The van der Waals surface area contributed by atoms with Gasteiger partial charge in [-0.05, 0) is 30.5 Å². The Balaban J connectivity index is 2.28. The van der Waals surface area contributed by atoms with Crippen LogP contribution in [0.15, 0.2) is 24.3 Å². The first-order chi connectivity index (χ1) is 9.60. The maximum absolute atomic E-state index is 13.1. The topological polar surface area (TPSA) is 44.1 Å². The Kier molecular flexibility index (Phi) is 4.39. The summed E-state index contributed by atoms with van der Waals surface area (Å²) in [5.74, 6) is -0.232. The van der Waals surface area contributed by atoms with Gasteiger partial charge in [-0.3, -0.25) is 4.79 Å². The first kappa shape index (κ1) is 14.5. The van der Waals surface area contributed by atoms with E-state index in [4.69, 9.17) is 5.26 Å². The molecule has 0 N–H and O–H groups in total. The van der Waals surface area contributed by atoms with Crippen LogP contribution in [0.5, 0.6) is 0 Å². The minimum Gasteiger partial charge on any atom is -0.344 e. The zero-order valence-electron chi connectivity index (χ0n) is 11.7. The van der Waals surface area contributed by atoms with Gasteiger partial charge in [-0.1, -0.05) is 25.0 Å². The number of hydrogen-bond donors (Lipinski definition) is 0. The number of likely N-dealkylation sites (N-methyl/N-ethyl adjacent to an activating group) is 1. The fraction of sp³-hybridized carbons (Fsp3) is 0.500. The van der Waals surface area contributed by atoms with Gasteiger partial charge in [0.25, 0.3) is 0 Å². The van der Waals surface area contributed by atoms with Gasteiger partial charge in [0.1, 0.15) is 5.82 Å². The van der Waals surface area contributed by atoms with Crippen molar-refractivity contribution in [2.24, 2.45) is 0 Å². The summed E-state index contributed by atoms with van der Waals surface area (Å²) in [4.78, 5) is 14.4. The van der Waals surface area contributed by atoms with E-state index in [1.807, 2.05) is 0 Å². The third kappa shape index (κ3) is 2.67. The lowest BCUT2D eigenvalue weighted by Gasteiger charge is -2.32. The summed E-state index contributed by atoms with van der Waals surface area (Å²) >= 11 is 0. The molecular formula is C16H19FN2O. The summed E-state index contributed by atoms with van der Waals surface area (Å²) in [6.45, 7) is 0.443. The Morgan fingerprint density at radius 2 is 1.95 bits per heavy atom. The monoisotopic (exact) mass is 274 g/mol. The molecule has 1 aliphatic rings. The zero-order valence-corrected chi connectivity index (χ0v) is 11.7. The predicted molar refractivity (Wildman–Crippen MR) is 74.4 cm³/mol. The third-order valence-corrected chi connectivity index (χ3v) is 4.17. The van der Waals surface area contributed by atoms with E-state index in [2.05, 4.69) is 6.07 Å². The lowest BCUT2D eigenvalue weighted by molar-refractivity contribution is -0.136. The molecule has 1 aliphatic carbocycles. The predicted octanol–water partition coefficient (Wildman–Crippen LogP) is 3.01. The quantitative estimate of drug-likeness (QED) is 0.847. The SMILES string of the molecule is CN(CCC#N)C(=O)C1(c2ccc(F)cc2)CCCC1. The number of amides is 1. The minimum absolute atomic E-state index is 0.0526. The highest BCUT2D eigenvalue weighted by molar-refractivity contribution is 5.88. The van der Waals surface area contributed by atoms with E-state index in [-0.39, 0.29) is 11.7 Å². The number of benzene rings is 1. The smallest absolute Gasteiger partial charge is 0.232 e. The number of hydrogen-bond acceptors (Lipinski definition) is 2. The molecule has 106 valence electrons. The van der Waals surface area contributed by atoms with Gasteiger partial charge in [0.05, 0.1) is 17.9 Å². The van der Waals surface area contributed by atoms with Crippen molar-refractivity contribution in [3.05, 3.63) is 35.6 Å². The van der Waals surface area contributed by atoms with Crippen LogP contribution in [-0.4, -0.2) is 24.4 Å². The molecule has 0 aliphatic heterocycles. The molecule has 0 atom stereocenters. The Hall–Kier alpha value is -1.89.